The van der Waals surface area contributed by atoms with E-state index in [9.17, 15) is 13.2 Å². The van der Waals surface area contributed by atoms with Crippen LogP contribution in [0, 0.1) is 0 Å². The number of nitrogens with one attached hydrogen (secondary N) is 3. The number of morpholine rings is 1. The molecule has 2 aromatic carbocycles. The SMILES string of the molecule is Cl.O=C(NCc1ccccc1NS(=O)(=O)c1ccccc1)C1COCCN1. The van der Waals surface area contributed by atoms with E-state index in [4.69, 9.17) is 4.74 Å². The van der Waals surface area contributed by atoms with E-state index in [2.05, 4.69) is 15.4 Å². The zero-order chi connectivity index (χ0) is 18.4. The Hall–Kier alpha value is -2.13. The molecule has 0 bridgehead atoms. The van der Waals surface area contributed by atoms with Gasteiger partial charge < -0.3 is 15.4 Å². The molecule has 1 aliphatic heterocycles. The van der Waals surface area contributed by atoms with Crippen LogP contribution in [-0.2, 0) is 26.1 Å². The van der Waals surface area contributed by atoms with Crippen LogP contribution in [0.25, 0.3) is 0 Å². The van der Waals surface area contributed by atoms with Crippen molar-refractivity contribution in [1.29, 1.82) is 0 Å². The van der Waals surface area contributed by atoms with Gasteiger partial charge in [0.15, 0.2) is 0 Å². The minimum Gasteiger partial charge on any atom is -0.378 e. The molecule has 1 fully saturated rings. The Morgan fingerprint density at radius 3 is 2.52 bits per heavy atom. The van der Waals surface area contributed by atoms with Gasteiger partial charge in [-0.3, -0.25) is 9.52 Å². The van der Waals surface area contributed by atoms with Crippen LogP contribution in [0.5, 0.6) is 0 Å². The first-order chi connectivity index (χ1) is 12.6. The van der Waals surface area contributed by atoms with E-state index in [0.717, 1.165) is 0 Å². The first-order valence-electron chi connectivity index (χ1n) is 8.31. The Labute approximate surface area is 165 Å². The number of sulfonamides is 1. The third-order valence-electron chi connectivity index (χ3n) is 4.01. The molecule has 1 atom stereocenters. The van der Waals surface area contributed by atoms with Crippen molar-refractivity contribution in [2.24, 2.45) is 0 Å². The van der Waals surface area contributed by atoms with Gasteiger partial charge in [-0.15, -0.1) is 12.4 Å². The first kappa shape index (κ1) is 21.2. The molecule has 1 aliphatic rings. The van der Waals surface area contributed by atoms with E-state index in [0.29, 0.717) is 31.0 Å². The smallest absolute Gasteiger partial charge is 0.261 e. The van der Waals surface area contributed by atoms with Crippen LogP contribution in [0.3, 0.4) is 0 Å². The van der Waals surface area contributed by atoms with Gasteiger partial charge in [0.1, 0.15) is 6.04 Å². The summed E-state index contributed by atoms with van der Waals surface area (Å²) in [6.07, 6.45) is 0. The number of hydrogen-bond acceptors (Lipinski definition) is 5. The van der Waals surface area contributed by atoms with Crippen molar-refractivity contribution >= 4 is 34.0 Å². The van der Waals surface area contributed by atoms with Crippen molar-refractivity contribution in [3.8, 4) is 0 Å². The second-order valence-electron chi connectivity index (χ2n) is 5.88. The highest BCUT2D eigenvalue weighted by Crippen LogP contribution is 2.20. The second kappa shape index (κ2) is 9.70. The largest absolute Gasteiger partial charge is 0.378 e. The molecule has 0 spiro atoms. The molecular formula is C18H22ClN3O4S. The second-order valence-corrected chi connectivity index (χ2v) is 7.56. The van der Waals surface area contributed by atoms with Crippen LogP contribution in [0.1, 0.15) is 5.56 Å². The lowest BCUT2D eigenvalue weighted by atomic mass is 10.1. The molecule has 3 N–H and O–H groups in total. The average molecular weight is 412 g/mol. The fourth-order valence-corrected chi connectivity index (χ4v) is 3.74. The fraction of sp³-hybridized carbons (Fsp3) is 0.278. The van der Waals surface area contributed by atoms with Crippen LogP contribution >= 0.6 is 12.4 Å². The molecule has 146 valence electrons. The minimum absolute atomic E-state index is 0. The summed E-state index contributed by atoms with van der Waals surface area (Å²) >= 11 is 0. The van der Waals surface area contributed by atoms with Gasteiger partial charge in [0.05, 0.1) is 23.8 Å². The molecular weight excluding hydrogens is 390 g/mol. The molecule has 0 aromatic heterocycles. The van der Waals surface area contributed by atoms with Crippen molar-refractivity contribution in [3.63, 3.8) is 0 Å². The van der Waals surface area contributed by atoms with Crippen molar-refractivity contribution in [1.82, 2.24) is 10.6 Å². The Kier molecular flexibility index (Phi) is 7.61. The summed E-state index contributed by atoms with van der Waals surface area (Å²) in [6.45, 7) is 1.76. The number of hydrogen-bond donors (Lipinski definition) is 3. The molecule has 2 aromatic rings. The molecule has 1 amide bonds. The predicted molar refractivity (Wildman–Crippen MR) is 105 cm³/mol. The minimum atomic E-state index is -3.69. The van der Waals surface area contributed by atoms with E-state index in [1.54, 1.807) is 42.5 Å². The molecule has 0 aliphatic carbocycles. The van der Waals surface area contributed by atoms with E-state index in [1.807, 2.05) is 0 Å². The number of carbonyl (C=O) groups is 1. The standard InChI is InChI=1S/C18H21N3O4S.ClH/c22-18(17-13-25-11-10-19-17)20-12-14-6-4-5-9-16(14)21-26(23,24)15-7-2-1-3-8-15;/h1-9,17,19,21H,10-13H2,(H,20,22);1H. The van der Waals surface area contributed by atoms with Gasteiger partial charge in [0.25, 0.3) is 10.0 Å². The maximum atomic E-state index is 12.5. The van der Waals surface area contributed by atoms with Crippen LogP contribution < -0.4 is 15.4 Å². The highest BCUT2D eigenvalue weighted by Gasteiger charge is 2.21. The van der Waals surface area contributed by atoms with Crippen molar-refractivity contribution in [2.75, 3.05) is 24.5 Å². The molecule has 0 radical (unpaired) electrons. The summed E-state index contributed by atoms with van der Waals surface area (Å²) in [4.78, 5) is 12.4. The van der Waals surface area contributed by atoms with E-state index >= 15 is 0 Å². The van der Waals surface area contributed by atoms with Crippen LogP contribution in [-0.4, -0.2) is 40.1 Å². The predicted octanol–water partition coefficient (Wildman–Crippen LogP) is 1.51. The van der Waals surface area contributed by atoms with Gasteiger partial charge in [0.2, 0.25) is 5.91 Å². The monoisotopic (exact) mass is 411 g/mol. The zero-order valence-electron chi connectivity index (χ0n) is 14.6. The number of amides is 1. The Bertz CT molecular complexity index is 856. The van der Waals surface area contributed by atoms with E-state index in [-0.39, 0.29) is 29.8 Å². The first-order valence-corrected chi connectivity index (χ1v) is 9.79. The molecule has 1 saturated heterocycles. The molecule has 27 heavy (non-hydrogen) atoms. The number of halogens is 1. The molecule has 1 heterocycles. The van der Waals surface area contributed by atoms with Crippen molar-refractivity contribution < 1.29 is 17.9 Å². The summed E-state index contributed by atoms with van der Waals surface area (Å²) < 4.78 is 32.9. The topological polar surface area (TPSA) is 96.5 Å². The number of para-hydroxylation sites is 1. The fourth-order valence-electron chi connectivity index (χ4n) is 2.62. The summed E-state index contributed by atoms with van der Waals surface area (Å²) in [6, 6.07) is 14.7. The maximum absolute atomic E-state index is 12.5. The summed E-state index contributed by atoms with van der Waals surface area (Å²) in [5.41, 5.74) is 1.11. The zero-order valence-corrected chi connectivity index (χ0v) is 16.2. The third-order valence-corrected chi connectivity index (χ3v) is 5.39. The summed E-state index contributed by atoms with van der Waals surface area (Å²) in [7, 11) is -3.69. The van der Waals surface area contributed by atoms with Gasteiger partial charge >= 0.3 is 0 Å². The molecule has 1 unspecified atom stereocenters. The molecule has 3 rings (SSSR count). The van der Waals surface area contributed by atoms with Gasteiger partial charge in [-0.05, 0) is 23.8 Å². The van der Waals surface area contributed by atoms with E-state index < -0.39 is 16.1 Å². The van der Waals surface area contributed by atoms with Crippen molar-refractivity contribution in [3.05, 3.63) is 60.2 Å². The Morgan fingerprint density at radius 1 is 1.11 bits per heavy atom. The quantitative estimate of drug-likeness (QED) is 0.669. The Balaban J connectivity index is 0.00000261. The summed E-state index contributed by atoms with van der Waals surface area (Å²) in [5.74, 6) is -0.176. The number of anilines is 1. The number of ether oxygens (including phenoxy) is 1. The lowest BCUT2D eigenvalue weighted by Crippen LogP contribution is -2.51. The Morgan fingerprint density at radius 2 is 1.81 bits per heavy atom. The van der Waals surface area contributed by atoms with Crippen LogP contribution in [0.4, 0.5) is 5.69 Å². The number of carbonyl (C=O) groups excluding carboxylic acids is 1. The number of benzene rings is 2. The average Bonchev–Trinajstić information content (AvgIpc) is 2.68. The van der Waals surface area contributed by atoms with Crippen LogP contribution in [0.2, 0.25) is 0 Å². The molecule has 9 heteroatoms. The van der Waals surface area contributed by atoms with Gasteiger partial charge in [-0.25, -0.2) is 8.42 Å². The lowest BCUT2D eigenvalue weighted by molar-refractivity contribution is -0.126. The van der Waals surface area contributed by atoms with E-state index in [1.165, 1.54) is 12.1 Å². The normalized spacial score (nSPS) is 16.8. The highest BCUT2D eigenvalue weighted by molar-refractivity contribution is 7.92. The summed E-state index contributed by atoms with van der Waals surface area (Å²) in [5, 5.41) is 5.90. The maximum Gasteiger partial charge on any atom is 0.261 e. The van der Waals surface area contributed by atoms with Gasteiger partial charge in [-0.2, -0.15) is 0 Å². The van der Waals surface area contributed by atoms with Gasteiger partial charge in [0, 0.05) is 13.1 Å². The number of rotatable bonds is 6. The molecule has 0 saturated carbocycles. The highest BCUT2D eigenvalue weighted by atomic mass is 35.5. The lowest BCUT2D eigenvalue weighted by Gasteiger charge is -2.23. The third kappa shape index (κ3) is 5.67. The van der Waals surface area contributed by atoms with Crippen LogP contribution in [0.15, 0.2) is 59.5 Å². The molecule has 7 nitrogen and oxygen atoms in total. The van der Waals surface area contributed by atoms with Crippen molar-refractivity contribution in [2.45, 2.75) is 17.5 Å². The van der Waals surface area contributed by atoms with Gasteiger partial charge in [-0.1, -0.05) is 36.4 Å².